The van der Waals surface area contributed by atoms with E-state index >= 15 is 0 Å². The van der Waals surface area contributed by atoms with E-state index in [-0.39, 0.29) is 12.5 Å². The molecule has 0 saturated heterocycles. The van der Waals surface area contributed by atoms with Gasteiger partial charge in [0.2, 0.25) is 0 Å². The summed E-state index contributed by atoms with van der Waals surface area (Å²) in [5.41, 5.74) is 2.61. The van der Waals surface area contributed by atoms with Gasteiger partial charge in [0.25, 0.3) is 5.92 Å². The summed E-state index contributed by atoms with van der Waals surface area (Å²) >= 11 is 5.97. The standard InChI is InChI=1S/C15H17ClF2N2/c1-8(2)12-5-13-9(3)11-4-10(16)6-19-14(11)20(13)7-15(12,17)18/h4,6,8,12H,5,7H2,1-3H3. The summed E-state index contributed by atoms with van der Waals surface area (Å²) in [7, 11) is 0. The average Bonchev–Trinajstić information content (AvgIpc) is 2.59. The van der Waals surface area contributed by atoms with Gasteiger partial charge in [0.1, 0.15) is 5.65 Å². The van der Waals surface area contributed by atoms with Crippen LogP contribution in [0, 0.1) is 18.8 Å². The van der Waals surface area contributed by atoms with Gasteiger partial charge in [0, 0.05) is 23.2 Å². The molecule has 2 aromatic rings. The van der Waals surface area contributed by atoms with Crippen LogP contribution in [0.5, 0.6) is 0 Å². The molecule has 1 unspecified atom stereocenters. The third-order valence-electron chi connectivity index (χ3n) is 4.38. The first-order valence-corrected chi connectivity index (χ1v) is 7.20. The topological polar surface area (TPSA) is 17.8 Å². The second-order valence-corrected chi connectivity index (χ2v) is 6.43. The van der Waals surface area contributed by atoms with Gasteiger partial charge in [-0.05, 0) is 30.9 Å². The van der Waals surface area contributed by atoms with Crippen molar-refractivity contribution in [2.24, 2.45) is 11.8 Å². The molecule has 3 rings (SSSR count). The summed E-state index contributed by atoms with van der Waals surface area (Å²) in [4.78, 5) is 4.25. The Hall–Kier alpha value is -1.16. The number of aryl methyl sites for hydroxylation is 1. The predicted octanol–water partition coefficient (Wildman–Crippen LogP) is 4.46. The number of aromatic nitrogens is 2. The lowest BCUT2D eigenvalue weighted by molar-refractivity contribution is -0.0984. The van der Waals surface area contributed by atoms with Gasteiger partial charge in [0.15, 0.2) is 0 Å². The Balaban J connectivity index is 2.22. The molecule has 0 amide bonds. The molecule has 0 bridgehead atoms. The number of nitrogens with zero attached hydrogens (tertiary/aromatic N) is 2. The molecular weight excluding hydrogens is 282 g/mol. The second-order valence-electron chi connectivity index (χ2n) is 6.00. The molecule has 1 atom stereocenters. The third-order valence-corrected chi connectivity index (χ3v) is 4.59. The van der Waals surface area contributed by atoms with Crippen molar-refractivity contribution in [2.75, 3.05) is 0 Å². The Morgan fingerprint density at radius 3 is 2.80 bits per heavy atom. The van der Waals surface area contributed by atoms with Gasteiger partial charge < -0.3 is 4.57 Å². The van der Waals surface area contributed by atoms with E-state index in [2.05, 4.69) is 4.98 Å². The quantitative estimate of drug-likeness (QED) is 0.760. The lowest BCUT2D eigenvalue weighted by atomic mass is 9.82. The highest BCUT2D eigenvalue weighted by molar-refractivity contribution is 6.31. The summed E-state index contributed by atoms with van der Waals surface area (Å²) in [5.74, 6) is -3.36. The highest BCUT2D eigenvalue weighted by atomic mass is 35.5. The zero-order valence-electron chi connectivity index (χ0n) is 11.8. The normalized spacial score (nSPS) is 21.4. The largest absolute Gasteiger partial charge is 0.323 e. The molecule has 5 heteroatoms. The minimum Gasteiger partial charge on any atom is -0.323 e. The molecule has 0 saturated carbocycles. The summed E-state index contributed by atoms with van der Waals surface area (Å²) in [6.07, 6.45) is 1.91. The zero-order valence-corrected chi connectivity index (χ0v) is 12.5. The summed E-state index contributed by atoms with van der Waals surface area (Å²) in [6.45, 7) is 5.40. The first-order chi connectivity index (χ1) is 9.31. The van der Waals surface area contributed by atoms with Crippen molar-refractivity contribution in [3.8, 4) is 0 Å². The average molecular weight is 299 g/mol. The predicted molar refractivity (Wildman–Crippen MR) is 76.5 cm³/mol. The lowest BCUT2D eigenvalue weighted by Gasteiger charge is -2.35. The van der Waals surface area contributed by atoms with E-state index in [0.29, 0.717) is 17.1 Å². The van der Waals surface area contributed by atoms with E-state index < -0.39 is 11.8 Å². The van der Waals surface area contributed by atoms with Gasteiger partial charge in [0.05, 0.1) is 11.6 Å². The number of halogens is 3. The molecule has 0 spiro atoms. The number of hydrogen-bond donors (Lipinski definition) is 0. The fraction of sp³-hybridized carbons (Fsp3) is 0.533. The smallest absolute Gasteiger partial charge is 0.269 e. The molecule has 1 aliphatic heterocycles. The van der Waals surface area contributed by atoms with E-state index in [0.717, 1.165) is 16.6 Å². The maximum absolute atomic E-state index is 14.3. The Kier molecular flexibility index (Phi) is 3.05. The number of fused-ring (bicyclic) bond motifs is 3. The first kappa shape index (κ1) is 13.8. The molecule has 0 aliphatic carbocycles. The lowest BCUT2D eigenvalue weighted by Crippen LogP contribution is -2.42. The van der Waals surface area contributed by atoms with Crippen molar-refractivity contribution in [3.63, 3.8) is 0 Å². The van der Waals surface area contributed by atoms with E-state index in [1.54, 1.807) is 4.57 Å². The molecule has 0 fully saturated rings. The zero-order chi connectivity index (χ0) is 14.7. The Morgan fingerprint density at radius 2 is 2.15 bits per heavy atom. The van der Waals surface area contributed by atoms with Crippen LogP contribution in [-0.2, 0) is 13.0 Å². The van der Waals surface area contributed by atoms with Crippen LogP contribution in [0.4, 0.5) is 8.78 Å². The van der Waals surface area contributed by atoms with Crippen LogP contribution in [0.2, 0.25) is 5.02 Å². The van der Waals surface area contributed by atoms with Gasteiger partial charge in [-0.2, -0.15) is 0 Å². The summed E-state index contributed by atoms with van der Waals surface area (Å²) in [6, 6.07) is 1.81. The third kappa shape index (κ3) is 1.93. The van der Waals surface area contributed by atoms with E-state index in [9.17, 15) is 8.78 Å². The Bertz CT molecular complexity index is 676. The molecule has 0 radical (unpaired) electrons. The highest BCUT2D eigenvalue weighted by Gasteiger charge is 2.46. The van der Waals surface area contributed by atoms with Crippen molar-refractivity contribution in [2.45, 2.75) is 39.7 Å². The summed E-state index contributed by atoms with van der Waals surface area (Å²) in [5, 5.41) is 1.42. The molecule has 2 nitrogen and oxygen atoms in total. The van der Waals surface area contributed by atoms with E-state index in [1.807, 2.05) is 26.8 Å². The van der Waals surface area contributed by atoms with Crippen LogP contribution in [0.25, 0.3) is 11.0 Å². The summed E-state index contributed by atoms with van der Waals surface area (Å²) < 4.78 is 30.3. The minimum absolute atomic E-state index is 0.0484. The molecular formula is C15H17ClF2N2. The van der Waals surface area contributed by atoms with Gasteiger partial charge in [-0.3, -0.25) is 0 Å². The fourth-order valence-corrected chi connectivity index (χ4v) is 3.41. The Labute approximate surface area is 121 Å². The van der Waals surface area contributed by atoms with Crippen molar-refractivity contribution in [1.29, 1.82) is 0 Å². The van der Waals surface area contributed by atoms with Crippen LogP contribution < -0.4 is 0 Å². The highest BCUT2D eigenvalue weighted by Crippen LogP contribution is 2.42. The van der Waals surface area contributed by atoms with Crippen molar-refractivity contribution < 1.29 is 8.78 Å². The van der Waals surface area contributed by atoms with Crippen LogP contribution in [-0.4, -0.2) is 15.5 Å². The molecule has 20 heavy (non-hydrogen) atoms. The van der Waals surface area contributed by atoms with Gasteiger partial charge in [-0.1, -0.05) is 25.4 Å². The fourth-order valence-electron chi connectivity index (χ4n) is 3.25. The minimum atomic E-state index is -2.69. The molecule has 0 aromatic carbocycles. The van der Waals surface area contributed by atoms with Crippen LogP contribution in [0.15, 0.2) is 12.3 Å². The maximum atomic E-state index is 14.3. The molecule has 1 aliphatic rings. The number of pyridine rings is 1. The van der Waals surface area contributed by atoms with Crippen LogP contribution >= 0.6 is 11.6 Å². The van der Waals surface area contributed by atoms with Gasteiger partial charge in [-0.25, -0.2) is 13.8 Å². The Morgan fingerprint density at radius 1 is 1.45 bits per heavy atom. The first-order valence-electron chi connectivity index (χ1n) is 6.82. The van der Waals surface area contributed by atoms with Gasteiger partial charge >= 0.3 is 0 Å². The second kappa shape index (κ2) is 4.42. The molecule has 3 heterocycles. The van der Waals surface area contributed by atoms with Crippen molar-refractivity contribution in [3.05, 3.63) is 28.5 Å². The van der Waals surface area contributed by atoms with Crippen LogP contribution in [0.3, 0.4) is 0 Å². The van der Waals surface area contributed by atoms with Crippen LogP contribution in [0.1, 0.15) is 25.1 Å². The van der Waals surface area contributed by atoms with Crippen molar-refractivity contribution >= 4 is 22.6 Å². The van der Waals surface area contributed by atoms with E-state index in [4.69, 9.17) is 11.6 Å². The SMILES string of the molecule is Cc1c2n(c3ncc(Cl)cc13)CC(F)(F)C(C(C)C)C2. The number of hydrogen-bond acceptors (Lipinski definition) is 1. The number of alkyl halides is 2. The van der Waals surface area contributed by atoms with Gasteiger partial charge in [-0.15, -0.1) is 0 Å². The molecule has 108 valence electrons. The maximum Gasteiger partial charge on any atom is 0.269 e. The molecule has 2 aromatic heterocycles. The molecule has 0 N–H and O–H groups in total. The monoisotopic (exact) mass is 298 g/mol. The van der Waals surface area contributed by atoms with E-state index in [1.165, 1.54) is 6.20 Å². The van der Waals surface area contributed by atoms with Crippen molar-refractivity contribution in [1.82, 2.24) is 9.55 Å². The number of rotatable bonds is 1.